The van der Waals surface area contributed by atoms with Crippen molar-refractivity contribution in [1.82, 2.24) is 19.5 Å². The fourth-order valence-corrected chi connectivity index (χ4v) is 9.52. The fraction of sp³-hybridized carbons (Fsp3) is 0.0536. The SMILES string of the molecule is CC1(C)c2ccccc2-c2cc(-c3ccc4c(c3)c3cc(-c5nc(-c6ccc7ccccc7c6)nc(-c6ccc7ccccc7c6)n5)ccc3n4-c3ccccc3)ccc21. The van der Waals surface area contributed by atoms with Crippen molar-refractivity contribution >= 4 is 43.4 Å². The van der Waals surface area contributed by atoms with E-state index >= 15 is 0 Å². The molecule has 0 spiro atoms. The quantitative estimate of drug-likeness (QED) is 0.175. The highest BCUT2D eigenvalue weighted by atomic mass is 15.0. The summed E-state index contributed by atoms with van der Waals surface area (Å²) in [5.41, 5.74) is 14.0. The Labute approximate surface area is 348 Å². The Hall–Kier alpha value is -7.69. The van der Waals surface area contributed by atoms with E-state index in [4.69, 9.17) is 15.0 Å². The van der Waals surface area contributed by atoms with Gasteiger partial charge in [-0.25, -0.2) is 15.0 Å². The summed E-state index contributed by atoms with van der Waals surface area (Å²) in [6, 6.07) is 69.8. The van der Waals surface area contributed by atoms with Crippen LogP contribution in [0.15, 0.2) is 194 Å². The van der Waals surface area contributed by atoms with Crippen molar-refractivity contribution in [3.63, 3.8) is 0 Å². The average Bonchev–Trinajstić information content (AvgIpc) is 3.75. The highest BCUT2D eigenvalue weighted by Gasteiger charge is 2.35. The van der Waals surface area contributed by atoms with Crippen LogP contribution >= 0.6 is 0 Å². The first-order valence-electron chi connectivity index (χ1n) is 20.6. The predicted octanol–water partition coefficient (Wildman–Crippen LogP) is 14.2. The maximum absolute atomic E-state index is 5.22. The summed E-state index contributed by atoms with van der Waals surface area (Å²) >= 11 is 0. The third-order valence-electron chi connectivity index (χ3n) is 12.6. The van der Waals surface area contributed by atoms with Gasteiger partial charge in [0.05, 0.1) is 11.0 Å². The molecule has 12 rings (SSSR count). The van der Waals surface area contributed by atoms with E-state index in [2.05, 4.69) is 213 Å². The van der Waals surface area contributed by atoms with Gasteiger partial charge in [0.1, 0.15) is 0 Å². The summed E-state index contributed by atoms with van der Waals surface area (Å²) < 4.78 is 2.37. The molecule has 282 valence electrons. The highest BCUT2D eigenvalue weighted by Crippen LogP contribution is 2.50. The van der Waals surface area contributed by atoms with Crippen LogP contribution in [0.1, 0.15) is 25.0 Å². The maximum atomic E-state index is 5.22. The molecule has 4 heteroatoms. The topological polar surface area (TPSA) is 43.6 Å². The van der Waals surface area contributed by atoms with Crippen LogP contribution < -0.4 is 0 Å². The first-order valence-corrected chi connectivity index (χ1v) is 20.6. The van der Waals surface area contributed by atoms with Crippen molar-refractivity contribution < 1.29 is 0 Å². The second-order valence-corrected chi connectivity index (χ2v) is 16.5. The predicted molar refractivity (Wildman–Crippen MR) is 248 cm³/mol. The molecule has 1 aliphatic carbocycles. The van der Waals surface area contributed by atoms with Crippen molar-refractivity contribution in [3.05, 3.63) is 205 Å². The minimum atomic E-state index is -0.0364. The van der Waals surface area contributed by atoms with Crippen molar-refractivity contribution in [2.75, 3.05) is 0 Å². The summed E-state index contributed by atoms with van der Waals surface area (Å²) in [5, 5.41) is 6.96. The molecule has 1 aliphatic rings. The van der Waals surface area contributed by atoms with E-state index < -0.39 is 0 Å². The summed E-state index contributed by atoms with van der Waals surface area (Å²) in [6.07, 6.45) is 0. The van der Waals surface area contributed by atoms with E-state index in [1.165, 1.54) is 49.5 Å². The zero-order chi connectivity index (χ0) is 40.0. The highest BCUT2D eigenvalue weighted by molar-refractivity contribution is 6.11. The lowest BCUT2D eigenvalue weighted by Gasteiger charge is -2.21. The zero-order valence-electron chi connectivity index (χ0n) is 33.3. The summed E-state index contributed by atoms with van der Waals surface area (Å²) in [7, 11) is 0. The first-order chi connectivity index (χ1) is 29.5. The summed E-state index contributed by atoms with van der Waals surface area (Å²) in [4.78, 5) is 15.6. The Morgan fingerprint density at radius 2 is 0.800 bits per heavy atom. The molecule has 0 amide bonds. The van der Waals surface area contributed by atoms with Crippen molar-refractivity contribution in [1.29, 1.82) is 0 Å². The van der Waals surface area contributed by atoms with Gasteiger partial charge in [-0.2, -0.15) is 0 Å². The molecule has 0 saturated heterocycles. The van der Waals surface area contributed by atoms with Gasteiger partial charge in [0.2, 0.25) is 0 Å². The van der Waals surface area contributed by atoms with Crippen LogP contribution in [0.25, 0.3) is 105 Å². The number of aromatic nitrogens is 4. The van der Waals surface area contributed by atoms with Gasteiger partial charge >= 0.3 is 0 Å². The van der Waals surface area contributed by atoms with Crippen LogP contribution in [-0.2, 0) is 5.41 Å². The van der Waals surface area contributed by atoms with Gasteiger partial charge in [-0.15, -0.1) is 0 Å². The summed E-state index contributed by atoms with van der Waals surface area (Å²) in [6.45, 7) is 4.67. The van der Waals surface area contributed by atoms with Crippen LogP contribution in [0.4, 0.5) is 0 Å². The lowest BCUT2D eigenvalue weighted by Crippen LogP contribution is -2.14. The number of benzene rings is 9. The molecule has 4 nitrogen and oxygen atoms in total. The maximum Gasteiger partial charge on any atom is 0.164 e. The molecule has 0 saturated carbocycles. The number of fused-ring (bicyclic) bond motifs is 8. The van der Waals surface area contributed by atoms with Crippen LogP contribution in [0.2, 0.25) is 0 Å². The van der Waals surface area contributed by atoms with E-state index in [0.717, 1.165) is 49.6 Å². The molecular weight excluding hydrogens is 729 g/mol. The largest absolute Gasteiger partial charge is 0.309 e. The Bertz CT molecular complexity index is 3430. The standard InChI is InChI=1S/C56H38N4/c1-56(2)49-19-11-10-18-45(49)46-32-39(24-27-50(46)56)40-25-28-51-47(33-40)48-34-43(26-29-52(48)60(51)44-16-4-3-5-17-44)55-58-53(41-22-20-35-12-6-8-14-37(35)30-41)57-54(59-55)42-23-21-36-13-7-9-15-38(36)31-42/h3-34H,1-2H3. The molecule has 0 fully saturated rings. The summed E-state index contributed by atoms with van der Waals surface area (Å²) in [5.74, 6) is 1.92. The molecule has 9 aromatic carbocycles. The van der Waals surface area contributed by atoms with Crippen molar-refractivity contribution in [2.24, 2.45) is 0 Å². The van der Waals surface area contributed by atoms with Crippen LogP contribution in [0, 0.1) is 0 Å². The second-order valence-electron chi connectivity index (χ2n) is 16.5. The van der Waals surface area contributed by atoms with Crippen LogP contribution in [-0.4, -0.2) is 19.5 Å². The molecule has 0 N–H and O–H groups in total. The molecule has 0 bridgehead atoms. The van der Waals surface area contributed by atoms with Gasteiger partial charge in [-0.05, 0) is 116 Å². The molecule has 0 radical (unpaired) electrons. The zero-order valence-corrected chi connectivity index (χ0v) is 33.3. The molecule has 0 atom stereocenters. The molecule has 11 aromatic rings. The van der Waals surface area contributed by atoms with E-state index in [1.807, 2.05) is 0 Å². The fourth-order valence-electron chi connectivity index (χ4n) is 9.52. The van der Waals surface area contributed by atoms with Crippen LogP contribution in [0.3, 0.4) is 0 Å². The Kier molecular flexibility index (Phi) is 7.54. The first kappa shape index (κ1) is 34.4. The van der Waals surface area contributed by atoms with Gasteiger partial charge in [-0.3, -0.25) is 0 Å². The molecular formula is C56H38N4. The van der Waals surface area contributed by atoms with Gasteiger partial charge in [0.15, 0.2) is 17.5 Å². The Morgan fingerprint density at radius 1 is 0.350 bits per heavy atom. The van der Waals surface area contributed by atoms with Crippen LogP contribution in [0.5, 0.6) is 0 Å². The number of hydrogen-bond donors (Lipinski definition) is 0. The Balaban J connectivity index is 1.06. The van der Waals surface area contributed by atoms with Crippen molar-refractivity contribution in [2.45, 2.75) is 19.3 Å². The number of para-hydroxylation sites is 1. The van der Waals surface area contributed by atoms with Gasteiger partial charge in [0, 0.05) is 38.6 Å². The normalized spacial score (nSPS) is 13.0. The van der Waals surface area contributed by atoms with E-state index in [-0.39, 0.29) is 5.41 Å². The number of hydrogen-bond acceptors (Lipinski definition) is 3. The van der Waals surface area contributed by atoms with Gasteiger partial charge < -0.3 is 4.57 Å². The van der Waals surface area contributed by atoms with Crippen molar-refractivity contribution in [3.8, 4) is 62.1 Å². The third-order valence-corrected chi connectivity index (χ3v) is 12.6. The monoisotopic (exact) mass is 766 g/mol. The molecule has 60 heavy (non-hydrogen) atoms. The van der Waals surface area contributed by atoms with Gasteiger partial charge in [0.25, 0.3) is 0 Å². The minimum Gasteiger partial charge on any atom is -0.309 e. The molecule has 2 heterocycles. The Morgan fingerprint density at radius 3 is 1.43 bits per heavy atom. The van der Waals surface area contributed by atoms with E-state index in [1.54, 1.807) is 0 Å². The van der Waals surface area contributed by atoms with E-state index in [9.17, 15) is 0 Å². The lowest BCUT2D eigenvalue weighted by atomic mass is 9.82. The van der Waals surface area contributed by atoms with Gasteiger partial charge in [-0.1, -0.05) is 147 Å². The molecule has 2 aromatic heterocycles. The molecule has 0 unspecified atom stereocenters. The minimum absolute atomic E-state index is 0.0364. The number of rotatable bonds is 5. The average molecular weight is 767 g/mol. The number of nitrogens with zero attached hydrogens (tertiary/aromatic N) is 4. The third kappa shape index (κ3) is 5.41. The second kappa shape index (κ2) is 13.2. The van der Waals surface area contributed by atoms with E-state index in [0.29, 0.717) is 17.5 Å². The molecule has 0 aliphatic heterocycles. The lowest BCUT2D eigenvalue weighted by molar-refractivity contribution is 0.660. The smallest absolute Gasteiger partial charge is 0.164 e.